The van der Waals surface area contributed by atoms with Crippen molar-refractivity contribution in [2.45, 2.75) is 50.9 Å². The number of hydrogen-bond donors (Lipinski definition) is 1. The highest BCUT2D eigenvalue weighted by Crippen LogP contribution is 2.38. The fraction of sp³-hybridized carbons (Fsp3) is 0.500. The molecule has 2 aliphatic rings. The number of benzene rings is 1. The maximum atomic E-state index is 13.2. The van der Waals surface area contributed by atoms with Crippen LogP contribution >= 0.6 is 11.3 Å². The van der Waals surface area contributed by atoms with Gasteiger partial charge in [-0.15, -0.1) is 11.3 Å². The zero-order valence-corrected chi connectivity index (χ0v) is 17.6. The van der Waals surface area contributed by atoms with Crippen LogP contribution in [0.15, 0.2) is 24.3 Å². The molecule has 154 valence electrons. The molecule has 2 heterocycles. The predicted octanol–water partition coefficient (Wildman–Crippen LogP) is 4.23. The van der Waals surface area contributed by atoms with Crippen LogP contribution in [0.1, 0.15) is 65.4 Å². The molecule has 1 atom stereocenters. The summed E-state index contributed by atoms with van der Waals surface area (Å²) in [6.07, 6.45) is 7.35. The van der Waals surface area contributed by atoms with E-state index in [9.17, 15) is 9.59 Å². The molecule has 0 radical (unpaired) electrons. The monoisotopic (exact) mass is 413 g/mol. The number of nitrogens with one attached hydrogen (secondary N) is 1. The van der Waals surface area contributed by atoms with Gasteiger partial charge in [0.1, 0.15) is 5.75 Å². The molecule has 1 aliphatic carbocycles. The van der Waals surface area contributed by atoms with Crippen LogP contribution in [0, 0.1) is 0 Å². The standard InChI is InChI=1S/C22H27N3O3S/c1-28-16-11-9-15(10-12-16)20(26)24-22-23-19-17(7-6-8-18(19)29-22)21(27)25-13-4-2-3-5-14-25/h9-12,17H,2-8,13-14H2,1H3,(H,23,24,26). The number of methoxy groups -OCH3 is 1. The first-order valence-corrected chi connectivity index (χ1v) is 11.2. The Bertz CT molecular complexity index is 870. The average molecular weight is 414 g/mol. The molecular weight excluding hydrogens is 386 g/mol. The Labute approximate surface area is 175 Å². The van der Waals surface area contributed by atoms with Gasteiger partial charge in [-0.05, 0) is 56.4 Å². The number of carbonyl (C=O) groups excluding carboxylic acids is 2. The topological polar surface area (TPSA) is 71.5 Å². The van der Waals surface area contributed by atoms with Crippen molar-refractivity contribution in [2.24, 2.45) is 0 Å². The van der Waals surface area contributed by atoms with Gasteiger partial charge in [-0.25, -0.2) is 4.98 Å². The normalized spacial score (nSPS) is 19.2. The van der Waals surface area contributed by atoms with Crippen LogP contribution in [0.5, 0.6) is 5.75 Å². The van der Waals surface area contributed by atoms with Gasteiger partial charge in [0.05, 0.1) is 18.7 Å². The average Bonchev–Trinajstić information content (AvgIpc) is 2.97. The van der Waals surface area contributed by atoms with E-state index in [1.807, 2.05) is 4.90 Å². The first-order valence-electron chi connectivity index (χ1n) is 10.4. The van der Waals surface area contributed by atoms with Crippen LogP contribution < -0.4 is 10.1 Å². The molecule has 1 unspecified atom stereocenters. The second-order valence-corrected chi connectivity index (χ2v) is 8.78. The van der Waals surface area contributed by atoms with Crippen LogP contribution in [0.2, 0.25) is 0 Å². The van der Waals surface area contributed by atoms with Crippen molar-refractivity contribution in [1.29, 1.82) is 0 Å². The fourth-order valence-corrected chi connectivity index (χ4v) is 5.20. The number of aryl methyl sites for hydroxylation is 1. The number of amides is 2. The van der Waals surface area contributed by atoms with E-state index in [1.165, 1.54) is 24.2 Å². The zero-order valence-electron chi connectivity index (χ0n) is 16.8. The molecule has 0 spiro atoms. The van der Waals surface area contributed by atoms with Crippen molar-refractivity contribution >= 4 is 28.3 Å². The maximum absolute atomic E-state index is 13.2. The van der Waals surface area contributed by atoms with Crippen molar-refractivity contribution in [3.05, 3.63) is 40.4 Å². The third kappa shape index (κ3) is 4.45. The lowest BCUT2D eigenvalue weighted by molar-refractivity contribution is -0.133. The van der Waals surface area contributed by atoms with E-state index < -0.39 is 0 Å². The van der Waals surface area contributed by atoms with Gasteiger partial charge in [-0.2, -0.15) is 0 Å². The third-order valence-electron chi connectivity index (χ3n) is 5.74. The highest BCUT2D eigenvalue weighted by molar-refractivity contribution is 7.16. The number of anilines is 1. The summed E-state index contributed by atoms with van der Waals surface area (Å²) in [6, 6.07) is 6.98. The quantitative estimate of drug-likeness (QED) is 0.814. The fourth-order valence-electron chi connectivity index (χ4n) is 4.14. The molecule has 1 aliphatic heterocycles. The summed E-state index contributed by atoms with van der Waals surface area (Å²) in [5.41, 5.74) is 1.43. The second-order valence-electron chi connectivity index (χ2n) is 7.69. The van der Waals surface area contributed by atoms with Crippen LogP contribution in [-0.2, 0) is 11.2 Å². The predicted molar refractivity (Wildman–Crippen MR) is 114 cm³/mol. The molecule has 1 N–H and O–H groups in total. The molecular formula is C22H27N3O3S. The minimum Gasteiger partial charge on any atom is -0.497 e. The van der Waals surface area contributed by atoms with Gasteiger partial charge < -0.3 is 9.64 Å². The van der Waals surface area contributed by atoms with Crippen molar-refractivity contribution < 1.29 is 14.3 Å². The minimum absolute atomic E-state index is 0.167. The van der Waals surface area contributed by atoms with Gasteiger partial charge in [-0.1, -0.05) is 12.8 Å². The smallest absolute Gasteiger partial charge is 0.257 e. The molecule has 2 aromatic rings. The van der Waals surface area contributed by atoms with Gasteiger partial charge in [0.15, 0.2) is 5.13 Å². The third-order valence-corrected chi connectivity index (χ3v) is 6.79. The molecule has 1 aromatic heterocycles. The molecule has 2 amide bonds. The Morgan fingerprint density at radius 2 is 1.83 bits per heavy atom. The largest absolute Gasteiger partial charge is 0.497 e. The molecule has 4 rings (SSSR count). The number of fused-ring (bicyclic) bond motifs is 1. The number of hydrogen-bond acceptors (Lipinski definition) is 5. The summed E-state index contributed by atoms with van der Waals surface area (Å²) in [5.74, 6) is 0.557. The van der Waals surface area contributed by atoms with Crippen molar-refractivity contribution in [3.8, 4) is 5.75 Å². The molecule has 1 aromatic carbocycles. The maximum Gasteiger partial charge on any atom is 0.257 e. The summed E-state index contributed by atoms with van der Waals surface area (Å²) < 4.78 is 5.14. The number of ether oxygens (including phenoxy) is 1. The summed E-state index contributed by atoms with van der Waals surface area (Å²) in [7, 11) is 1.60. The van der Waals surface area contributed by atoms with E-state index in [2.05, 4.69) is 10.3 Å². The number of nitrogens with zero attached hydrogens (tertiary/aromatic N) is 2. The van der Waals surface area contributed by atoms with Crippen LogP contribution in [0.4, 0.5) is 5.13 Å². The molecule has 0 saturated carbocycles. The summed E-state index contributed by atoms with van der Waals surface area (Å²) in [5, 5.41) is 3.48. The van der Waals surface area contributed by atoms with E-state index in [1.54, 1.807) is 31.4 Å². The molecule has 0 bridgehead atoms. The highest BCUT2D eigenvalue weighted by Gasteiger charge is 2.33. The number of likely N-dealkylation sites (tertiary alicyclic amines) is 1. The van der Waals surface area contributed by atoms with E-state index in [0.29, 0.717) is 16.4 Å². The Balaban J connectivity index is 1.49. The van der Waals surface area contributed by atoms with Crippen LogP contribution in [0.3, 0.4) is 0 Å². The summed E-state index contributed by atoms with van der Waals surface area (Å²) >= 11 is 1.50. The first kappa shape index (κ1) is 19.9. The van der Waals surface area contributed by atoms with Gasteiger partial charge in [0, 0.05) is 23.5 Å². The molecule has 7 heteroatoms. The van der Waals surface area contributed by atoms with Gasteiger partial charge in [-0.3, -0.25) is 14.9 Å². The number of carbonyl (C=O) groups is 2. The second kappa shape index (κ2) is 8.95. The van der Waals surface area contributed by atoms with Gasteiger partial charge >= 0.3 is 0 Å². The first-order chi connectivity index (χ1) is 14.2. The van der Waals surface area contributed by atoms with Crippen molar-refractivity contribution in [3.63, 3.8) is 0 Å². The number of rotatable bonds is 4. The Hall–Kier alpha value is -2.41. The van der Waals surface area contributed by atoms with Crippen LogP contribution in [0.25, 0.3) is 0 Å². The van der Waals surface area contributed by atoms with Crippen LogP contribution in [-0.4, -0.2) is 41.9 Å². The van der Waals surface area contributed by atoms with E-state index in [0.717, 1.165) is 55.8 Å². The van der Waals surface area contributed by atoms with Crippen molar-refractivity contribution in [2.75, 3.05) is 25.5 Å². The molecule has 6 nitrogen and oxygen atoms in total. The molecule has 1 fully saturated rings. The molecule has 1 saturated heterocycles. The Morgan fingerprint density at radius 3 is 2.52 bits per heavy atom. The van der Waals surface area contributed by atoms with Gasteiger partial charge in [0.2, 0.25) is 5.91 Å². The van der Waals surface area contributed by atoms with E-state index in [4.69, 9.17) is 4.74 Å². The summed E-state index contributed by atoms with van der Waals surface area (Å²) in [4.78, 5) is 33.6. The lowest BCUT2D eigenvalue weighted by atomic mass is 9.90. The zero-order chi connectivity index (χ0) is 20.2. The Morgan fingerprint density at radius 1 is 1.10 bits per heavy atom. The number of thiazole rings is 1. The van der Waals surface area contributed by atoms with Crippen molar-refractivity contribution in [1.82, 2.24) is 9.88 Å². The number of aromatic nitrogens is 1. The van der Waals surface area contributed by atoms with E-state index in [-0.39, 0.29) is 17.7 Å². The minimum atomic E-state index is -0.200. The van der Waals surface area contributed by atoms with E-state index >= 15 is 0 Å². The highest BCUT2D eigenvalue weighted by atomic mass is 32.1. The Kier molecular flexibility index (Phi) is 6.13. The SMILES string of the molecule is COc1ccc(C(=O)Nc2nc3c(s2)CCCC3C(=O)N2CCCCCC2)cc1. The lowest BCUT2D eigenvalue weighted by Crippen LogP contribution is -2.37. The molecule has 29 heavy (non-hydrogen) atoms. The summed E-state index contributed by atoms with van der Waals surface area (Å²) in [6.45, 7) is 1.71. The lowest BCUT2D eigenvalue weighted by Gasteiger charge is -2.27. The van der Waals surface area contributed by atoms with Gasteiger partial charge in [0.25, 0.3) is 5.91 Å².